The van der Waals surface area contributed by atoms with E-state index in [1.807, 2.05) is 25.1 Å². The average Bonchev–Trinajstić information content (AvgIpc) is 2.65. The van der Waals surface area contributed by atoms with Crippen LogP contribution in [0.5, 0.6) is 0 Å². The zero-order valence-electron chi connectivity index (χ0n) is 15.2. The first-order valence-electron chi connectivity index (χ1n) is 8.66. The minimum atomic E-state index is -0.512. The number of esters is 1. The second-order valence-electron chi connectivity index (χ2n) is 6.21. The van der Waals surface area contributed by atoms with Gasteiger partial charge in [0, 0.05) is 33.6 Å². The second-order valence-corrected chi connectivity index (χ2v) is 7.13. The molecule has 0 saturated carbocycles. The normalized spacial score (nSPS) is 10.6. The highest BCUT2D eigenvalue weighted by atomic mass is 79.9. The van der Waals surface area contributed by atoms with Crippen molar-refractivity contribution in [2.45, 2.75) is 20.0 Å². The first-order chi connectivity index (χ1) is 13.4. The molecule has 3 aromatic rings. The van der Waals surface area contributed by atoms with E-state index >= 15 is 0 Å². The first kappa shape index (κ1) is 19.8. The van der Waals surface area contributed by atoms with Gasteiger partial charge in [0.05, 0.1) is 6.42 Å². The Morgan fingerprint density at radius 2 is 1.93 bits per heavy atom. The Morgan fingerprint density at radius 3 is 2.71 bits per heavy atom. The van der Waals surface area contributed by atoms with Crippen LogP contribution < -0.4 is 10.9 Å². The van der Waals surface area contributed by atoms with E-state index in [0.29, 0.717) is 22.1 Å². The van der Waals surface area contributed by atoms with Gasteiger partial charge in [-0.2, -0.15) is 0 Å². The Labute approximate surface area is 169 Å². The summed E-state index contributed by atoms with van der Waals surface area (Å²) in [5.41, 5.74) is 1.91. The van der Waals surface area contributed by atoms with Gasteiger partial charge >= 0.3 is 11.6 Å². The summed E-state index contributed by atoms with van der Waals surface area (Å²) < 4.78 is 11.2. The number of carbonyl (C=O) groups excluding carboxylic acids is 2. The average molecular weight is 444 g/mol. The molecule has 0 bridgehead atoms. The Kier molecular flexibility index (Phi) is 6.26. The fourth-order valence-electron chi connectivity index (χ4n) is 2.75. The van der Waals surface area contributed by atoms with Crippen LogP contribution in [0.4, 0.5) is 0 Å². The molecule has 1 heterocycles. The highest BCUT2D eigenvalue weighted by molar-refractivity contribution is 9.10. The smallest absolute Gasteiger partial charge is 0.336 e. The Bertz CT molecular complexity index is 1090. The van der Waals surface area contributed by atoms with Gasteiger partial charge in [-0.3, -0.25) is 9.59 Å². The molecule has 28 heavy (non-hydrogen) atoms. The molecule has 0 saturated heterocycles. The predicted molar refractivity (Wildman–Crippen MR) is 108 cm³/mol. The third kappa shape index (κ3) is 4.86. The molecule has 0 spiro atoms. The second kappa shape index (κ2) is 8.84. The number of rotatable bonds is 6. The monoisotopic (exact) mass is 443 g/mol. The van der Waals surface area contributed by atoms with Crippen LogP contribution in [0, 0.1) is 6.92 Å². The quantitative estimate of drug-likeness (QED) is 0.463. The molecular formula is C21H18BrNO5. The van der Waals surface area contributed by atoms with Crippen molar-refractivity contribution in [1.82, 2.24) is 5.32 Å². The summed E-state index contributed by atoms with van der Waals surface area (Å²) in [4.78, 5) is 35.8. The van der Waals surface area contributed by atoms with Crippen molar-refractivity contribution in [2.75, 3.05) is 6.54 Å². The van der Waals surface area contributed by atoms with Crippen LogP contribution in [-0.2, 0) is 16.1 Å². The summed E-state index contributed by atoms with van der Waals surface area (Å²) in [7, 11) is 0. The van der Waals surface area contributed by atoms with Crippen LogP contribution >= 0.6 is 15.9 Å². The van der Waals surface area contributed by atoms with Gasteiger partial charge in [-0.25, -0.2) is 4.79 Å². The zero-order valence-corrected chi connectivity index (χ0v) is 16.7. The number of hydrogen-bond acceptors (Lipinski definition) is 5. The van der Waals surface area contributed by atoms with Crippen molar-refractivity contribution in [3.05, 3.63) is 80.1 Å². The molecule has 0 aliphatic rings. The topological polar surface area (TPSA) is 85.6 Å². The van der Waals surface area contributed by atoms with Crippen LogP contribution in [-0.4, -0.2) is 18.4 Å². The molecule has 0 unspecified atom stereocenters. The van der Waals surface area contributed by atoms with Crippen molar-refractivity contribution in [2.24, 2.45) is 0 Å². The van der Waals surface area contributed by atoms with Gasteiger partial charge in [0.2, 0.25) is 0 Å². The van der Waals surface area contributed by atoms with E-state index in [1.165, 1.54) is 6.07 Å². The number of fused-ring (bicyclic) bond motifs is 1. The molecule has 7 heteroatoms. The molecule has 1 N–H and O–H groups in total. The van der Waals surface area contributed by atoms with Gasteiger partial charge in [-0.05, 0) is 36.8 Å². The number of amides is 1. The third-order valence-corrected chi connectivity index (χ3v) is 4.68. The van der Waals surface area contributed by atoms with Crippen LogP contribution in [0.2, 0.25) is 0 Å². The standard InChI is InChI=1S/C21H18BrNO5/c1-13-4-2-3-5-16(13)21(26)23-9-8-19(24)27-12-14-10-20(25)28-18-11-15(22)6-7-17(14)18/h2-7,10-11H,8-9,12H2,1H3,(H,23,26). The Balaban J connectivity index is 1.55. The molecule has 2 aromatic carbocycles. The summed E-state index contributed by atoms with van der Waals surface area (Å²) in [6, 6.07) is 13.8. The molecule has 0 aliphatic heterocycles. The highest BCUT2D eigenvalue weighted by Gasteiger charge is 2.11. The van der Waals surface area contributed by atoms with Crippen LogP contribution in [0.3, 0.4) is 0 Å². The number of carbonyl (C=O) groups is 2. The first-order valence-corrected chi connectivity index (χ1v) is 9.45. The van der Waals surface area contributed by atoms with Crippen molar-refractivity contribution in [1.29, 1.82) is 0 Å². The molecule has 3 rings (SSSR count). The fraction of sp³-hybridized carbons (Fsp3) is 0.190. The lowest BCUT2D eigenvalue weighted by molar-refractivity contribution is -0.144. The van der Waals surface area contributed by atoms with Gasteiger partial charge in [0.15, 0.2) is 0 Å². The van der Waals surface area contributed by atoms with Crippen molar-refractivity contribution in [3.63, 3.8) is 0 Å². The molecule has 0 fully saturated rings. The van der Waals surface area contributed by atoms with Gasteiger partial charge in [0.25, 0.3) is 5.91 Å². The minimum absolute atomic E-state index is 0.0303. The minimum Gasteiger partial charge on any atom is -0.461 e. The fourth-order valence-corrected chi connectivity index (χ4v) is 3.09. The highest BCUT2D eigenvalue weighted by Crippen LogP contribution is 2.22. The number of benzene rings is 2. The van der Waals surface area contributed by atoms with Crippen LogP contribution in [0.15, 0.2) is 62.2 Å². The molecule has 6 nitrogen and oxygen atoms in total. The van der Waals surface area contributed by atoms with Gasteiger partial charge in [-0.1, -0.05) is 34.1 Å². The molecular weight excluding hydrogens is 426 g/mol. The van der Waals surface area contributed by atoms with E-state index < -0.39 is 11.6 Å². The van der Waals surface area contributed by atoms with E-state index in [-0.39, 0.29) is 25.5 Å². The Morgan fingerprint density at radius 1 is 1.14 bits per heavy atom. The van der Waals surface area contributed by atoms with Gasteiger partial charge in [0.1, 0.15) is 12.2 Å². The number of nitrogens with one attached hydrogen (secondary N) is 1. The number of aryl methyl sites for hydroxylation is 1. The van der Waals surface area contributed by atoms with Crippen molar-refractivity contribution < 1.29 is 18.7 Å². The molecule has 0 radical (unpaired) electrons. The zero-order chi connectivity index (χ0) is 20.1. The van der Waals surface area contributed by atoms with E-state index in [1.54, 1.807) is 24.3 Å². The SMILES string of the molecule is Cc1ccccc1C(=O)NCCC(=O)OCc1cc(=O)oc2cc(Br)ccc12. The van der Waals surface area contributed by atoms with Crippen LogP contribution in [0.1, 0.15) is 27.9 Å². The van der Waals surface area contributed by atoms with E-state index in [9.17, 15) is 14.4 Å². The summed E-state index contributed by atoms with van der Waals surface area (Å²) in [5, 5.41) is 3.40. The lowest BCUT2D eigenvalue weighted by Gasteiger charge is -2.09. The maximum Gasteiger partial charge on any atom is 0.336 e. The summed E-state index contributed by atoms with van der Waals surface area (Å²) >= 11 is 3.32. The summed E-state index contributed by atoms with van der Waals surface area (Å²) in [5.74, 6) is -0.702. The van der Waals surface area contributed by atoms with Gasteiger partial charge < -0.3 is 14.5 Å². The molecule has 0 atom stereocenters. The maximum absolute atomic E-state index is 12.1. The number of hydrogen-bond donors (Lipinski definition) is 1. The van der Waals surface area contributed by atoms with Crippen molar-refractivity contribution in [3.8, 4) is 0 Å². The van der Waals surface area contributed by atoms with Gasteiger partial charge in [-0.15, -0.1) is 0 Å². The molecule has 144 valence electrons. The number of ether oxygens (including phenoxy) is 1. The lowest BCUT2D eigenvalue weighted by Crippen LogP contribution is -2.27. The predicted octanol–water partition coefficient (Wildman–Crippen LogP) is 3.73. The summed E-state index contributed by atoms with van der Waals surface area (Å²) in [6.07, 6.45) is 0.0303. The van der Waals surface area contributed by atoms with Crippen molar-refractivity contribution >= 4 is 38.8 Å². The lowest BCUT2D eigenvalue weighted by atomic mass is 10.1. The van der Waals surface area contributed by atoms with Crippen LogP contribution in [0.25, 0.3) is 11.0 Å². The largest absolute Gasteiger partial charge is 0.461 e. The van der Waals surface area contributed by atoms with E-state index in [4.69, 9.17) is 9.15 Å². The molecule has 1 amide bonds. The third-order valence-electron chi connectivity index (χ3n) is 4.19. The van der Waals surface area contributed by atoms with E-state index in [2.05, 4.69) is 21.2 Å². The van der Waals surface area contributed by atoms with E-state index in [0.717, 1.165) is 10.0 Å². The molecule has 1 aromatic heterocycles. The summed E-state index contributed by atoms with van der Waals surface area (Å²) in [6.45, 7) is 1.97. The molecule has 0 aliphatic carbocycles. The maximum atomic E-state index is 12.1. The Hall–Kier alpha value is -2.93. The number of halogens is 1.